The molecule has 2 rings (SSSR count). The van der Waals surface area contributed by atoms with E-state index in [1.807, 2.05) is 0 Å². The molecule has 0 spiro atoms. The molecule has 0 bridgehead atoms. The molecular weight excluding hydrogens is 352 g/mol. The lowest BCUT2D eigenvalue weighted by atomic mass is 9.78. The lowest BCUT2D eigenvalue weighted by Crippen LogP contribution is -2.39. The van der Waals surface area contributed by atoms with Crippen molar-refractivity contribution in [3.8, 4) is 5.75 Å². The number of ether oxygens (including phenoxy) is 1. The van der Waals surface area contributed by atoms with E-state index in [0.717, 1.165) is 0 Å². The predicted octanol–water partition coefficient (Wildman–Crippen LogP) is 4.02. The van der Waals surface area contributed by atoms with Crippen molar-refractivity contribution in [2.45, 2.75) is 31.7 Å². The average molecular weight is 372 g/mol. The number of Topliss-reactive ketones (excluding diaryl/α,β-unsaturated/α-hetero) is 1. The van der Waals surface area contributed by atoms with E-state index in [4.69, 9.17) is 4.74 Å². The molecule has 0 unspecified atom stereocenters. The number of carbonyl (C=O) groups excluding carboxylic acids is 1. The van der Waals surface area contributed by atoms with Gasteiger partial charge in [0, 0.05) is 42.9 Å². The van der Waals surface area contributed by atoms with Crippen LogP contribution >= 0.6 is 0 Å². The highest BCUT2D eigenvalue weighted by molar-refractivity contribution is 5.96. The number of nitro benzene ring substituents is 1. The monoisotopic (exact) mass is 372 g/mol. The minimum Gasteiger partial charge on any atom is -0.497 e. The quantitative estimate of drug-likeness (QED) is 0.393. The van der Waals surface area contributed by atoms with Crippen molar-refractivity contribution in [2.24, 2.45) is 0 Å². The number of ketones is 1. The third kappa shape index (κ3) is 4.46. The van der Waals surface area contributed by atoms with Gasteiger partial charge in [-0.3, -0.25) is 25.0 Å². The van der Waals surface area contributed by atoms with Gasteiger partial charge in [-0.05, 0) is 29.8 Å². The van der Waals surface area contributed by atoms with Gasteiger partial charge >= 0.3 is 0 Å². The summed E-state index contributed by atoms with van der Waals surface area (Å²) in [6, 6.07) is 12.0. The van der Waals surface area contributed by atoms with E-state index in [0.29, 0.717) is 11.3 Å². The van der Waals surface area contributed by atoms with Gasteiger partial charge in [0.1, 0.15) is 5.75 Å². The lowest BCUT2D eigenvalue weighted by Gasteiger charge is -2.27. The predicted molar refractivity (Wildman–Crippen MR) is 98.9 cm³/mol. The highest BCUT2D eigenvalue weighted by Crippen LogP contribution is 2.35. The maximum atomic E-state index is 12.7. The van der Waals surface area contributed by atoms with Gasteiger partial charge in [-0.2, -0.15) is 0 Å². The Bertz CT molecular complexity index is 844. The van der Waals surface area contributed by atoms with E-state index in [1.165, 1.54) is 45.2 Å². The summed E-state index contributed by atoms with van der Waals surface area (Å²) in [6.07, 6.45) is -0.0991. The standard InChI is InChI=1S/C19H20N2O6/c1-19(2,21(25)26)17(13-6-10-16(27-3)11-7-13)12-18(22)14-4-8-15(9-5-14)20(23)24/h4-11,17H,12H2,1-3H3/t17-/m1/s1. The first-order valence-corrected chi connectivity index (χ1v) is 8.23. The third-order valence-corrected chi connectivity index (χ3v) is 4.63. The molecule has 0 heterocycles. The van der Waals surface area contributed by atoms with Crippen molar-refractivity contribution in [3.05, 3.63) is 79.9 Å². The first-order chi connectivity index (χ1) is 12.7. The fourth-order valence-electron chi connectivity index (χ4n) is 2.81. The summed E-state index contributed by atoms with van der Waals surface area (Å²) in [6.45, 7) is 2.95. The normalized spacial score (nSPS) is 12.3. The van der Waals surface area contributed by atoms with Crippen LogP contribution in [0, 0.1) is 20.2 Å². The minimum atomic E-state index is -1.38. The fourth-order valence-corrected chi connectivity index (χ4v) is 2.81. The minimum absolute atomic E-state index is 0.0991. The number of benzene rings is 2. The summed E-state index contributed by atoms with van der Waals surface area (Å²) in [5, 5.41) is 22.3. The molecule has 0 aliphatic rings. The Morgan fingerprint density at radius 3 is 2.04 bits per heavy atom. The van der Waals surface area contributed by atoms with Crippen molar-refractivity contribution >= 4 is 11.5 Å². The van der Waals surface area contributed by atoms with Gasteiger partial charge in [0.15, 0.2) is 5.78 Å². The number of nitrogens with zero attached hydrogens (tertiary/aromatic N) is 2. The number of hydrogen-bond donors (Lipinski definition) is 0. The van der Waals surface area contributed by atoms with Gasteiger partial charge in [-0.25, -0.2) is 0 Å². The van der Waals surface area contributed by atoms with Crippen molar-refractivity contribution in [1.29, 1.82) is 0 Å². The smallest absolute Gasteiger partial charge is 0.269 e. The molecular formula is C19H20N2O6. The Morgan fingerprint density at radius 1 is 1.04 bits per heavy atom. The van der Waals surface area contributed by atoms with Crippen molar-refractivity contribution < 1.29 is 19.4 Å². The SMILES string of the molecule is COc1ccc([C@@H](CC(=O)c2ccc([N+](=O)[O-])cc2)C(C)(C)[N+](=O)[O-])cc1. The lowest BCUT2D eigenvalue weighted by molar-refractivity contribution is -0.565. The van der Waals surface area contributed by atoms with E-state index in [9.17, 15) is 25.0 Å². The second kappa shape index (κ2) is 7.94. The molecule has 0 aliphatic carbocycles. The molecule has 0 radical (unpaired) electrons. The summed E-state index contributed by atoms with van der Waals surface area (Å²) in [7, 11) is 1.52. The van der Waals surface area contributed by atoms with Crippen LogP contribution in [0.25, 0.3) is 0 Å². The zero-order valence-corrected chi connectivity index (χ0v) is 15.2. The van der Waals surface area contributed by atoms with Crippen LogP contribution in [0.1, 0.15) is 42.1 Å². The largest absolute Gasteiger partial charge is 0.497 e. The van der Waals surface area contributed by atoms with Gasteiger partial charge in [0.2, 0.25) is 5.54 Å². The molecule has 27 heavy (non-hydrogen) atoms. The number of methoxy groups -OCH3 is 1. The number of hydrogen-bond acceptors (Lipinski definition) is 6. The van der Waals surface area contributed by atoms with Crippen LogP contribution < -0.4 is 4.74 Å². The average Bonchev–Trinajstić information content (AvgIpc) is 2.65. The first kappa shape index (κ1) is 20.0. The maximum absolute atomic E-state index is 12.7. The zero-order chi connectivity index (χ0) is 20.2. The summed E-state index contributed by atoms with van der Waals surface area (Å²) < 4.78 is 5.11. The highest BCUT2D eigenvalue weighted by Gasteiger charge is 2.43. The van der Waals surface area contributed by atoms with E-state index < -0.39 is 21.3 Å². The molecule has 8 nitrogen and oxygen atoms in total. The summed E-state index contributed by atoms with van der Waals surface area (Å²) >= 11 is 0. The molecule has 2 aromatic carbocycles. The first-order valence-electron chi connectivity index (χ1n) is 8.23. The molecule has 0 fully saturated rings. The van der Waals surface area contributed by atoms with Gasteiger partial charge in [-0.1, -0.05) is 12.1 Å². The van der Waals surface area contributed by atoms with Gasteiger partial charge < -0.3 is 4.74 Å². The Morgan fingerprint density at radius 2 is 1.59 bits per heavy atom. The van der Waals surface area contributed by atoms with Crippen LogP contribution in [-0.4, -0.2) is 28.3 Å². The molecule has 8 heteroatoms. The molecule has 0 saturated carbocycles. The topological polar surface area (TPSA) is 113 Å². The number of non-ortho nitro benzene ring substituents is 1. The van der Waals surface area contributed by atoms with E-state index in [-0.39, 0.29) is 23.5 Å². The number of nitro groups is 2. The van der Waals surface area contributed by atoms with Crippen molar-refractivity contribution in [1.82, 2.24) is 0 Å². The molecule has 142 valence electrons. The summed E-state index contributed by atoms with van der Waals surface area (Å²) in [4.78, 5) is 34.1. The number of carbonyl (C=O) groups is 1. The number of rotatable bonds is 8. The van der Waals surface area contributed by atoms with Gasteiger partial charge in [-0.15, -0.1) is 0 Å². The van der Waals surface area contributed by atoms with Crippen LogP contribution in [0.3, 0.4) is 0 Å². The second-order valence-corrected chi connectivity index (χ2v) is 6.67. The molecule has 0 amide bonds. The van der Waals surface area contributed by atoms with Crippen LogP contribution in [-0.2, 0) is 0 Å². The van der Waals surface area contributed by atoms with E-state index in [1.54, 1.807) is 24.3 Å². The Kier molecular flexibility index (Phi) is 5.89. The van der Waals surface area contributed by atoms with Crippen LogP contribution in [0.5, 0.6) is 5.75 Å². The third-order valence-electron chi connectivity index (χ3n) is 4.63. The van der Waals surface area contributed by atoms with Crippen LogP contribution in [0.2, 0.25) is 0 Å². The molecule has 0 aromatic heterocycles. The van der Waals surface area contributed by atoms with Crippen LogP contribution in [0.4, 0.5) is 5.69 Å². The Labute approximate surface area is 156 Å². The maximum Gasteiger partial charge on any atom is 0.269 e. The molecule has 0 N–H and O–H groups in total. The van der Waals surface area contributed by atoms with Gasteiger partial charge in [0.05, 0.1) is 18.0 Å². The van der Waals surface area contributed by atoms with E-state index in [2.05, 4.69) is 0 Å². The Hall–Kier alpha value is -3.29. The summed E-state index contributed by atoms with van der Waals surface area (Å²) in [5.41, 5.74) is -0.583. The Balaban J connectivity index is 2.34. The highest BCUT2D eigenvalue weighted by atomic mass is 16.6. The van der Waals surface area contributed by atoms with Gasteiger partial charge in [0.25, 0.3) is 5.69 Å². The zero-order valence-electron chi connectivity index (χ0n) is 15.2. The van der Waals surface area contributed by atoms with E-state index >= 15 is 0 Å². The fraction of sp³-hybridized carbons (Fsp3) is 0.316. The van der Waals surface area contributed by atoms with Crippen LogP contribution in [0.15, 0.2) is 48.5 Å². The van der Waals surface area contributed by atoms with Crippen molar-refractivity contribution in [2.75, 3.05) is 7.11 Å². The molecule has 2 aromatic rings. The molecule has 1 atom stereocenters. The molecule has 0 saturated heterocycles. The summed E-state index contributed by atoms with van der Waals surface area (Å²) in [5.74, 6) is -0.389. The second-order valence-electron chi connectivity index (χ2n) is 6.67. The molecule has 0 aliphatic heterocycles. The van der Waals surface area contributed by atoms with Crippen molar-refractivity contribution in [3.63, 3.8) is 0 Å².